The van der Waals surface area contributed by atoms with Crippen molar-refractivity contribution in [2.24, 2.45) is 5.92 Å². The molecule has 0 aromatic carbocycles. The maximum absolute atomic E-state index is 14.9. The summed E-state index contributed by atoms with van der Waals surface area (Å²) in [4.78, 5) is 19.2. The normalized spacial score (nSPS) is 20.6. The lowest BCUT2D eigenvalue weighted by atomic mass is 9.78. The zero-order valence-electron chi connectivity index (χ0n) is 19.6. The zero-order valence-corrected chi connectivity index (χ0v) is 19.6. The Bertz CT molecular complexity index is 1370. The second kappa shape index (κ2) is 8.70. The number of nitrogens with one attached hydrogen (secondary N) is 1. The second-order valence-corrected chi connectivity index (χ2v) is 9.51. The summed E-state index contributed by atoms with van der Waals surface area (Å²) >= 11 is 0. The lowest BCUT2D eigenvalue weighted by Crippen LogP contribution is -2.30. The van der Waals surface area contributed by atoms with Crippen molar-refractivity contribution in [2.45, 2.75) is 58.2 Å². The van der Waals surface area contributed by atoms with Gasteiger partial charge in [0.15, 0.2) is 0 Å². The molecule has 1 aliphatic rings. The van der Waals surface area contributed by atoms with Gasteiger partial charge in [-0.05, 0) is 64.0 Å². The van der Waals surface area contributed by atoms with Gasteiger partial charge < -0.3 is 14.1 Å². The van der Waals surface area contributed by atoms with E-state index in [1.807, 2.05) is 26.1 Å². The summed E-state index contributed by atoms with van der Waals surface area (Å²) in [7, 11) is 0. The number of fused-ring (bicyclic) bond motifs is 1. The second-order valence-electron chi connectivity index (χ2n) is 9.51. The van der Waals surface area contributed by atoms with Crippen molar-refractivity contribution in [2.75, 3.05) is 0 Å². The summed E-state index contributed by atoms with van der Waals surface area (Å²) < 4.78 is 22.6. The van der Waals surface area contributed by atoms with Crippen LogP contribution in [0.25, 0.3) is 33.3 Å². The van der Waals surface area contributed by atoms with Crippen LogP contribution < -0.4 is 5.56 Å². The van der Waals surface area contributed by atoms with E-state index < -0.39 is 5.67 Å². The van der Waals surface area contributed by atoms with Crippen molar-refractivity contribution in [3.63, 3.8) is 0 Å². The third-order valence-electron chi connectivity index (χ3n) is 7.10. The summed E-state index contributed by atoms with van der Waals surface area (Å²) in [6.45, 7) is 8.33. The van der Waals surface area contributed by atoms with E-state index in [9.17, 15) is 9.18 Å². The van der Waals surface area contributed by atoms with Crippen molar-refractivity contribution in [3.05, 3.63) is 71.3 Å². The van der Waals surface area contributed by atoms with Gasteiger partial charge in [-0.3, -0.25) is 9.78 Å². The standard InChI is InChI=1S/C27H29FN4O2/c1-4-9-27(28)10-7-19(8-11-27)15-32-16-22(20-5-6-24(33)29-13-20)26-23(32)12-21(14-30-26)25-17(2)31-34-18(25)3/h4-6,12-14,16,19H,1,7-11,15H2,2-3H3,(H,29,33). The van der Waals surface area contributed by atoms with Crippen LogP contribution in [0.4, 0.5) is 4.39 Å². The number of hydrogen-bond acceptors (Lipinski definition) is 4. The highest BCUT2D eigenvalue weighted by Gasteiger charge is 2.34. The summed E-state index contributed by atoms with van der Waals surface area (Å²) in [5.74, 6) is 1.14. The fourth-order valence-corrected chi connectivity index (χ4v) is 5.26. The number of hydrogen-bond donors (Lipinski definition) is 1. The molecule has 4 aromatic rings. The van der Waals surface area contributed by atoms with Gasteiger partial charge in [0.2, 0.25) is 5.56 Å². The molecule has 1 N–H and O–H groups in total. The van der Waals surface area contributed by atoms with Crippen molar-refractivity contribution < 1.29 is 8.91 Å². The van der Waals surface area contributed by atoms with E-state index in [4.69, 9.17) is 9.51 Å². The number of aromatic amines is 1. The Balaban J connectivity index is 1.55. The van der Waals surface area contributed by atoms with Gasteiger partial charge in [-0.25, -0.2) is 4.39 Å². The first-order valence-corrected chi connectivity index (χ1v) is 11.8. The minimum Gasteiger partial charge on any atom is -0.361 e. The number of alkyl halides is 1. The first kappa shape index (κ1) is 22.3. The fraction of sp³-hybridized carbons (Fsp3) is 0.370. The fourth-order valence-electron chi connectivity index (χ4n) is 5.26. The highest BCUT2D eigenvalue weighted by Crippen LogP contribution is 2.40. The van der Waals surface area contributed by atoms with E-state index in [0.717, 1.165) is 64.1 Å². The first-order valence-electron chi connectivity index (χ1n) is 11.8. The van der Waals surface area contributed by atoms with Gasteiger partial charge in [-0.1, -0.05) is 11.2 Å². The highest BCUT2D eigenvalue weighted by atomic mass is 19.1. The molecule has 0 bridgehead atoms. The van der Waals surface area contributed by atoms with Crippen LogP contribution in [0.15, 0.2) is 58.8 Å². The molecule has 4 heterocycles. The largest absolute Gasteiger partial charge is 0.361 e. The van der Waals surface area contributed by atoms with Crippen LogP contribution in [-0.2, 0) is 6.54 Å². The van der Waals surface area contributed by atoms with Crippen molar-refractivity contribution in [1.29, 1.82) is 0 Å². The van der Waals surface area contributed by atoms with E-state index in [-0.39, 0.29) is 5.56 Å². The minimum atomic E-state index is -1.11. The first-order chi connectivity index (χ1) is 16.4. The molecule has 176 valence electrons. The molecule has 0 unspecified atom stereocenters. The Hall–Kier alpha value is -3.48. The number of pyridine rings is 2. The van der Waals surface area contributed by atoms with Gasteiger partial charge in [0.1, 0.15) is 11.4 Å². The number of aryl methyl sites for hydroxylation is 2. The van der Waals surface area contributed by atoms with Gasteiger partial charge in [0.25, 0.3) is 0 Å². The van der Waals surface area contributed by atoms with E-state index in [2.05, 4.69) is 33.5 Å². The molecule has 6 nitrogen and oxygen atoms in total. The third kappa shape index (κ3) is 4.11. The van der Waals surface area contributed by atoms with Crippen LogP contribution >= 0.6 is 0 Å². The molecule has 0 saturated heterocycles. The van der Waals surface area contributed by atoms with Crippen molar-refractivity contribution >= 4 is 11.0 Å². The number of allylic oxidation sites excluding steroid dienone is 1. The Morgan fingerprint density at radius 1 is 1.29 bits per heavy atom. The number of H-pyrrole nitrogens is 1. The van der Waals surface area contributed by atoms with Gasteiger partial charge in [0.05, 0.1) is 16.7 Å². The summed E-state index contributed by atoms with van der Waals surface area (Å²) in [6, 6.07) is 5.47. The number of halogens is 1. The molecular weight excluding hydrogens is 431 g/mol. The average molecular weight is 461 g/mol. The molecule has 0 radical (unpaired) electrons. The van der Waals surface area contributed by atoms with Gasteiger partial charge in [0, 0.05) is 53.5 Å². The van der Waals surface area contributed by atoms with Crippen molar-refractivity contribution in [1.82, 2.24) is 19.7 Å². The van der Waals surface area contributed by atoms with E-state index in [1.165, 1.54) is 6.07 Å². The predicted molar refractivity (Wildman–Crippen MR) is 131 cm³/mol. The minimum absolute atomic E-state index is 0.141. The molecule has 0 aliphatic heterocycles. The van der Waals surface area contributed by atoms with Crippen LogP contribution in [0.1, 0.15) is 43.6 Å². The molecule has 7 heteroatoms. The average Bonchev–Trinajstić information content (AvgIpc) is 3.35. The Kier molecular flexibility index (Phi) is 5.71. The van der Waals surface area contributed by atoms with Gasteiger partial charge in [-0.15, -0.1) is 6.58 Å². The van der Waals surface area contributed by atoms with Crippen LogP contribution in [0.5, 0.6) is 0 Å². The van der Waals surface area contributed by atoms with Crippen LogP contribution in [0.3, 0.4) is 0 Å². The quantitative estimate of drug-likeness (QED) is 0.351. The van der Waals surface area contributed by atoms with Crippen LogP contribution in [0.2, 0.25) is 0 Å². The Morgan fingerprint density at radius 2 is 2.09 bits per heavy atom. The molecule has 0 amide bonds. The molecular formula is C27H29FN4O2. The Morgan fingerprint density at radius 3 is 2.74 bits per heavy atom. The maximum Gasteiger partial charge on any atom is 0.247 e. The zero-order chi connectivity index (χ0) is 23.9. The highest BCUT2D eigenvalue weighted by molar-refractivity contribution is 5.94. The van der Waals surface area contributed by atoms with Crippen LogP contribution in [-0.4, -0.2) is 25.4 Å². The molecule has 1 aliphatic carbocycles. The van der Waals surface area contributed by atoms with Gasteiger partial charge >= 0.3 is 0 Å². The summed E-state index contributed by atoms with van der Waals surface area (Å²) in [5, 5.41) is 4.09. The lowest BCUT2D eigenvalue weighted by molar-refractivity contribution is 0.0824. The number of nitrogens with zero attached hydrogens (tertiary/aromatic N) is 3. The molecule has 1 fully saturated rings. The molecule has 1 saturated carbocycles. The Labute approximate surface area is 197 Å². The maximum atomic E-state index is 14.9. The monoisotopic (exact) mass is 460 g/mol. The molecule has 0 spiro atoms. The van der Waals surface area contributed by atoms with Crippen LogP contribution in [0, 0.1) is 19.8 Å². The lowest BCUT2D eigenvalue weighted by Gasteiger charge is -2.33. The summed E-state index contributed by atoms with van der Waals surface area (Å²) in [5.41, 5.74) is 5.20. The smallest absolute Gasteiger partial charge is 0.247 e. The molecule has 34 heavy (non-hydrogen) atoms. The topological polar surface area (TPSA) is 76.7 Å². The van der Waals surface area contributed by atoms with Crippen molar-refractivity contribution in [3.8, 4) is 22.3 Å². The van der Waals surface area contributed by atoms with E-state index >= 15 is 0 Å². The summed E-state index contributed by atoms with van der Waals surface area (Å²) in [6.07, 6.45) is 10.6. The third-order valence-corrected chi connectivity index (χ3v) is 7.10. The molecule has 4 aromatic heterocycles. The SMILES string of the molecule is C=CCC1(F)CCC(Cn2cc(-c3ccc(=O)[nH]c3)c3ncc(-c4c(C)noc4C)cc32)CC1. The number of rotatable bonds is 6. The molecule has 5 rings (SSSR count). The number of aromatic nitrogens is 4. The van der Waals surface area contributed by atoms with Gasteiger partial charge in [-0.2, -0.15) is 0 Å². The van der Waals surface area contributed by atoms with E-state index in [0.29, 0.717) is 25.2 Å². The predicted octanol–water partition coefficient (Wildman–Crippen LogP) is 6.14. The molecule has 0 atom stereocenters. The van der Waals surface area contributed by atoms with E-state index in [1.54, 1.807) is 12.3 Å².